The van der Waals surface area contributed by atoms with E-state index >= 15 is 0 Å². The van der Waals surface area contributed by atoms with E-state index in [2.05, 4.69) is 15.9 Å². The predicted molar refractivity (Wildman–Crippen MR) is 86.8 cm³/mol. The van der Waals surface area contributed by atoms with Crippen molar-refractivity contribution in [2.45, 2.75) is 24.6 Å². The summed E-state index contributed by atoms with van der Waals surface area (Å²) in [5.41, 5.74) is 0.521. The monoisotopic (exact) mass is 440 g/mol. The smallest absolute Gasteiger partial charge is 0.272 e. The molecule has 1 atom stereocenters. The second-order valence-electron chi connectivity index (χ2n) is 4.08. The number of nitrogens with zero attached hydrogens (tertiary/aromatic N) is 2. The fraction of sp³-hybridized carbons (Fsp3) is 0.417. The number of carbonyl (C=O) groups excluding carboxylic acids is 1. The molecule has 1 unspecified atom stereocenters. The highest BCUT2D eigenvalue weighted by atomic mass is 127. The molecular weight excluding hydrogens is 427 g/mol. The molecule has 0 aliphatic rings. The first kappa shape index (κ1) is 16.4. The fourth-order valence-electron chi connectivity index (χ4n) is 1.57. The summed E-state index contributed by atoms with van der Waals surface area (Å²) in [6.07, 6.45) is 1.62. The molecule has 0 saturated heterocycles. The van der Waals surface area contributed by atoms with Crippen LogP contribution in [0.3, 0.4) is 0 Å². The lowest BCUT2D eigenvalue weighted by molar-refractivity contribution is -0.384. The molecule has 0 aromatic heterocycles. The zero-order chi connectivity index (χ0) is 14.6. The normalized spacial score (nSPS) is 12.0. The summed E-state index contributed by atoms with van der Waals surface area (Å²) in [5, 5.41) is 10.8. The van der Waals surface area contributed by atoms with Gasteiger partial charge in [-0.15, -0.1) is 0 Å². The van der Waals surface area contributed by atoms with Crippen LogP contribution in [0.15, 0.2) is 18.2 Å². The van der Waals surface area contributed by atoms with E-state index in [1.807, 2.05) is 29.5 Å². The van der Waals surface area contributed by atoms with Crippen molar-refractivity contribution in [2.24, 2.45) is 0 Å². The standard InChI is InChI=1S/C12H14BrIN2O3/c1-3-4-11(13)12(17)15(2)9-5-8(14)6-10(7-9)16(18)19/h5-7,11H,3-4H2,1-2H3. The van der Waals surface area contributed by atoms with E-state index in [1.165, 1.54) is 17.0 Å². The van der Waals surface area contributed by atoms with Crippen LogP contribution in [0, 0.1) is 13.7 Å². The molecule has 1 rings (SSSR count). The third-order valence-corrected chi connectivity index (χ3v) is 4.08. The van der Waals surface area contributed by atoms with Crippen molar-refractivity contribution >= 4 is 55.8 Å². The quantitative estimate of drug-likeness (QED) is 0.303. The van der Waals surface area contributed by atoms with Gasteiger partial charge in [-0.05, 0) is 35.1 Å². The number of non-ortho nitro benzene ring substituents is 1. The van der Waals surface area contributed by atoms with Crippen molar-refractivity contribution in [3.8, 4) is 0 Å². The van der Waals surface area contributed by atoms with Crippen LogP contribution in [0.2, 0.25) is 0 Å². The molecule has 0 saturated carbocycles. The van der Waals surface area contributed by atoms with Crippen LogP contribution in [-0.2, 0) is 4.79 Å². The molecule has 0 aliphatic carbocycles. The van der Waals surface area contributed by atoms with E-state index in [0.29, 0.717) is 5.69 Å². The van der Waals surface area contributed by atoms with E-state index in [1.54, 1.807) is 13.1 Å². The Hall–Kier alpha value is -0.700. The Labute approximate surface area is 133 Å². The van der Waals surface area contributed by atoms with Crippen molar-refractivity contribution in [1.29, 1.82) is 0 Å². The molecule has 1 aromatic rings. The van der Waals surface area contributed by atoms with Crippen LogP contribution in [0.25, 0.3) is 0 Å². The SMILES string of the molecule is CCCC(Br)C(=O)N(C)c1cc(I)cc([N+](=O)[O-])c1. The summed E-state index contributed by atoms with van der Waals surface area (Å²) in [7, 11) is 1.63. The van der Waals surface area contributed by atoms with Gasteiger partial charge in [-0.1, -0.05) is 29.3 Å². The van der Waals surface area contributed by atoms with Crippen LogP contribution in [0.1, 0.15) is 19.8 Å². The molecule has 0 bridgehead atoms. The molecule has 0 fully saturated rings. The molecule has 0 spiro atoms. The zero-order valence-corrected chi connectivity index (χ0v) is 14.3. The van der Waals surface area contributed by atoms with E-state index in [9.17, 15) is 14.9 Å². The van der Waals surface area contributed by atoms with Gasteiger partial charge >= 0.3 is 0 Å². The minimum absolute atomic E-state index is 0.0110. The number of amides is 1. The molecule has 0 aliphatic heterocycles. The molecule has 104 valence electrons. The largest absolute Gasteiger partial charge is 0.314 e. The van der Waals surface area contributed by atoms with Crippen molar-refractivity contribution in [1.82, 2.24) is 0 Å². The molecular formula is C12H14BrIN2O3. The van der Waals surface area contributed by atoms with E-state index < -0.39 is 4.92 Å². The van der Waals surface area contributed by atoms with Gasteiger partial charge in [0.05, 0.1) is 15.4 Å². The van der Waals surface area contributed by atoms with Crippen molar-refractivity contribution in [3.63, 3.8) is 0 Å². The number of alkyl halides is 1. The summed E-state index contributed by atoms with van der Waals surface area (Å²) in [6.45, 7) is 2.00. The fourth-order valence-corrected chi connectivity index (χ4v) is 2.98. The number of hydrogen-bond donors (Lipinski definition) is 0. The average molecular weight is 441 g/mol. The molecule has 19 heavy (non-hydrogen) atoms. The van der Waals surface area contributed by atoms with Crippen LogP contribution in [0.4, 0.5) is 11.4 Å². The average Bonchev–Trinajstić information content (AvgIpc) is 2.36. The van der Waals surface area contributed by atoms with Gasteiger partial charge in [-0.2, -0.15) is 0 Å². The molecule has 0 radical (unpaired) electrons. The molecule has 0 heterocycles. The Morgan fingerprint density at radius 2 is 2.16 bits per heavy atom. The van der Waals surface area contributed by atoms with Crippen molar-refractivity contribution in [2.75, 3.05) is 11.9 Å². The first-order chi connectivity index (χ1) is 8.86. The maximum Gasteiger partial charge on any atom is 0.272 e. The first-order valence-electron chi connectivity index (χ1n) is 5.73. The van der Waals surface area contributed by atoms with Gasteiger partial charge < -0.3 is 4.90 Å². The Balaban J connectivity index is 3.02. The lowest BCUT2D eigenvalue weighted by atomic mass is 10.2. The summed E-state index contributed by atoms with van der Waals surface area (Å²) in [6, 6.07) is 4.63. The maximum atomic E-state index is 12.1. The minimum Gasteiger partial charge on any atom is -0.314 e. The summed E-state index contributed by atoms with van der Waals surface area (Å²) in [5.74, 6) is -0.0989. The zero-order valence-electron chi connectivity index (χ0n) is 10.6. The van der Waals surface area contributed by atoms with Gasteiger partial charge in [-0.3, -0.25) is 14.9 Å². The number of nitro groups is 1. The Morgan fingerprint density at radius 1 is 1.53 bits per heavy atom. The molecule has 1 amide bonds. The number of hydrogen-bond acceptors (Lipinski definition) is 3. The van der Waals surface area contributed by atoms with Gasteiger partial charge in [0.1, 0.15) is 0 Å². The maximum absolute atomic E-state index is 12.1. The topological polar surface area (TPSA) is 63.5 Å². The molecule has 0 N–H and O–H groups in total. The lowest BCUT2D eigenvalue weighted by Gasteiger charge is -2.20. The third kappa shape index (κ3) is 4.41. The van der Waals surface area contributed by atoms with Crippen LogP contribution < -0.4 is 4.90 Å². The molecule has 1 aromatic carbocycles. The summed E-state index contributed by atoms with van der Waals surface area (Å²) in [4.78, 5) is 23.7. The van der Waals surface area contributed by atoms with Gasteiger partial charge in [0, 0.05) is 22.8 Å². The van der Waals surface area contributed by atoms with Crippen molar-refractivity contribution < 1.29 is 9.72 Å². The summed E-state index contributed by atoms with van der Waals surface area (Å²) < 4.78 is 0.725. The highest BCUT2D eigenvalue weighted by molar-refractivity contribution is 14.1. The second-order valence-corrected chi connectivity index (χ2v) is 6.43. The third-order valence-electron chi connectivity index (χ3n) is 2.61. The van der Waals surface area contributed by atoms with E-state index in [0.717, 1.165) is 16.4 Å². The van der Waals surface area contributed by atoms with Crippen LogP contribution in [0.5, 0.6) is 0 Å². The second kappa shape index (κ2) is 7.18. The van der Waals surface area contributed by atoms with Gasteiger partial charge in [-0.25, -0.2) is 0 Å². The van der Waals surface area contributed by atoms with Crippen LogP contribution >= 0.6 is 38.5 Å². The lowest BCUT2D eigenvalue weighted by Crippen LogP contribution is -2.33. The number of anilines is 1. The highest BCUT2D eigenvalue weighted by Gasteiger charge is 2.21. The first-order valence-corrected chi connectivity index (χ1v) is 7.73. The van der Waals surface area contributed by atoms with Gasteiger partial charge in [0.25, 0.3) is 5.69 Å². The highest BCUT2D eigenvalue weighted by Crippen LogP contribution is 2.26. The van der Waals surface area contributed by atoms with Gasteiger partial charge in [0.15, 0.2) is 0 Å². The van der Waals surface area contributed by atoms with E-state index in [4.69, 9.17) is 0 Å². The Morgan fingerprint density at radius 3 is 2.68 bits per heavy atom. The number of carbonyl (C=O) groups is 1. The minimum atomic E-state index is -0.457. The van der Waals surface area contributed by atoms with E-state index in [-0.39, 0.29) is 16.4 Å². The predicted octanol–water partition coefficient (Wildman–Crippen LogP) is 3.73. The number of rotatable bonds is 5. The van der Waals surface area contributed by atoms with Crippen molar-refractivity contribution in [3.05, 3.63) is 31.9 Å². The Kier molecular flexibility index (Phi) is 6.18. The molecule has 5 nitrogen and oxygen atoms in total. The van der Waals surface area contributed by atoms with Crippen LogP contribution in [-0.4, -0.2) is 22.7 Å². The number of halogens is 2. The Bertz CT molecular complexity index is 496. The van der Waals surface area contributed by atoms with Gasteiger partial charge in [0.2, 0.25) is 5.91 Å². The summed E-state index contributed by atoms with van der Waals surface area (Å²) >= 11 is 5.34. The number of benzene rings is 1. The number of nitro benzene ring substituents is 1. The molecule has 7 heteroatoms.